The van der Waals surface area contributed by atoms with Crippen LogP contribution in [-0.2, 0) is 9.53 Å². The third-order valence-corrected chi connectivity index (χ3v) is 4.95. The van der Waals surface area contributed by atoms with Gasteiger partial charge in [0.1, 0.15) is 17.6 Å². The molecular formula is C20H21F3O4S. The summed E-state index contributed by atoms with van der Waals surface area (Å²) in [5, 5.41) is 8.66. The van der Waals surface area contributed by atoms with Gasteiger partial charge in [0.2, 0.25) is 0 Å². The predicted octanol–water partition coefficient (Wildman–Crippen LogP) is 5.29. The van der Waals surface area contributed by atoms with Crippen molar-refractivity contribution in [2.75, 3.05) is 12.4 Å². The molecule has 1 unspecified atom stereocenters. The number of aryl methyl sites for hydroxylation is 1. The molecule has 1 aromatic rings. The maximum atomic E-state index is 12.7. The van der Waals surface area contributed by atoms with E-state index in [1.54, 1.807) is 6.07 Å². The summed E-state index contributed by atoms with van der Waals surface area (Å²) >= 11 is 1.54. The van der Waals surface area contributed by atoms with Crippen LogP contribution in [-0.4, -0.2) is 35.7 Å². The standard InChI is InChI=1S/C20H21F3O4S/c1-13-10-17(8-9-18(13)26-11-19(24)25)28-12-14(2)27-16-5-3-4-15(6-7-16)20(21,22)23/h3-4,6-10,14H,5,11-12H2,1-2H3,(H,24,25). The maximum absolute atomic E-state index is 12.7. The quantitative estimate of drug-likeness (QED) is 0.586. The van der Waals surface area contributed by atoms with E-state index in [2.05, 4.69) is 0 Å². The summed E-state index contributed by atoms with van der Waals surface area (Å²) in [6.45, 7) is 3.29. The average Bonchev–Trinajstić information content (AvgIpc) is 2.84. The van der Waals surface area contributed by atoms with E-state index in [1.807, 2.05) is 26.0 Å². The Bertz CT molecular complexity index is 797. The highest BCUT2D eigenvalue weighted by molar-refractivity contribution is 7.99. The molecule has 0 fully saturated rings. The molecule has 4 nitrogen and oxygen atoms in total. The molecule has 8 heteroatoms. The molecule has 28 heavy (non-hydrogen) atoms. The van der Waals surface area contributed by atoms with Crippen molar-refractivity contribution < 1.29 is 32.5 Å². The van der Waals surface area contributed by atoms with Crippen molar-refractivity contribution in [2.24, 2.45) is 0 Å². The Kier molecular flexibility index (Phi) is 7.62. The largest absolute Gasteiger partial charge is 0.494 e. The van der Waals surface area contributed by atoms with Gasteiger partial charge in [0.05, 0.1) is 5.57 Å². The van der Waals surface area contributed by atoms with Crippen LogP contribution in [0.2, 0.25) is 0 Å². The number of carboxylic acid groups (broad SMARTS) is 1. The summed E-state index contributed by atoms with van der Waals surface area (Å²) in [7, 11) is 0. The van der Waals surface area contributed by atoms with Gasteiger partial charge in [-0.1, -0.05) is 12.2 Å². The van der Waals surface area contributed by atoms with Gasteiger partial charge < -0.3 is 14.6 Å². The normalized spacial score (nSPS) is 15.3. The molecule has 0 heterocycles. The number of ether oxygens (including phenoxy) is 2. The van der Waals surface area contributed by atoms with Crippen molar-refractivity contribution in [3.63, 3.8) is 0 Å². The van der Waals surface area contributed by atoms with Gasteiger partial charge in [-0.25, -0.2) is 4.79 Å². The van der Waals surface area contributed by atoms with Crippen LogP contribution in [0.4, 0.5) is 13.2 Å². The monoisotopic (exact) mass is 414 g/mol. The minimum absolute atomic E-state index is 0.200. The van der Waals surface area contributed by atoms with E-state index in [1.165, 1.54) is 23.9 Å². The van der Waals surface area contributed by atoms with Gasteiger partial charge in [-0.15, -0.1) is 11.8 Å². The summed E-state index contributed by atoms with van der Waals surface area (Å²) in [6, 6.07) is 5.43. The Balaban J connectivity index is 1.89. The molecular weight excluding hydrogens is 393 g/mol. The SMILES string of the molecule is Cc1cc(SCC(C)OC2=CC=C(C(F)(F)F)C=CC2)ccc1OCC(=O)O. The minimum Gasteiger partial charge on any atom is -0.494 e. The summed E-state index contributed by atoms with van der Waals surface area (Å²) < 4.78 is 49.2. The maximum Gasteiger partial charge on any atom is 0.416 e. The number of hydrogen-bond acceptors (Lipinski definition) is 4. The number of carboxylic acids is 1. The van der Waals surface area contributed by atoms with E-state index in [4.69, 9.17) is 14.6 Å². The van der Waals surface area contributed by atoms with E-state index in [0.717, 1.165) is 22.6 Å². The number of allylic oxidation sites excluding steroid dienone is 5. The van der Waals surface area contributed by atoms with Crippen molar-refractivity contribution in [2.45, 2.75) is 37.4 Å². The second-order valence-corrected chi connectivity index (χ2v) is 7.30. The lowest BCUT2D eigenvalue weighted by atomic mass is 10.2. The first-order chi connectivity index (χ1) is 13.1. The highest BCUT2D eigenvalue weighted by atomic mass is 32.2. The van der Waals surface area contributed by atoms with E-state index in [9.17, 15) is 18.0 Å². The van der Waals surface area contributed by atoms with E-state index in [-0.39, 0.29) is 6.10 Å². The fraction of sp³-hybridized carbons (Fsp3) is 0.350. The first-order valence-electron chi connectivity index (χ1n) is 8.54. The Morgan fingerprint density at radius 2 is 2.07 bits per heavy atom. The number of thioether (sulfide) groups is 1. The number of alkyl halides is 3. The topological polar surface area (TPSA) is 55.8 Å². The summed E-state index contributed by atoms with van der Waals surface area (Å²) in [4.78, 5) is 11.5. The Hall–Kier alpha value is -2.35. The lowest BCUT2D eigenvalue weighted by molar-refractivity contribution is -0.139. The Morgan fingerprint density at radius 3 is 2.71 bits per heavy atom. The van der Waals surface area contributed by atoms with Gasteiger partial charge in [-0.05, 0) is 49.8 Å². The minimum atomic E-state index is -4.37. The van der Waals surface area contributed by atoms with Crippen LogP contribution in [0.25, 0.3) is 0 Å². The molecule has 0 amide bonds. The number of rotatable bonds is 8. The average molecular weight is 414 g/mol. The summed E-state index contributed by atoms with van der Waals surface area (Å²) in [5.41, 5.74) is 0.120. The highest BCUT2D eigenvalue weighted by Crippen LogP contribution is 2.30. The summed E-state index contributed by atoms with van der Waals surface area (Å²) in [6.07, 6.45) is 0.622. The third kappa shape index (κ3) is 6.99. The van der Waals surface area contributed by atoms with Crippen LogP contribution in [0.3, 0.4) is 0 Å². The molecule has 1 aliphatic carbocycles. The van der Waals surface area contributed by atoms with Gasteiger partial charge in [0, 0.05) is 17.1 Å². The predicted molar refractivity (Wildman–Crippen MR) is 102 cm³/mol. The van der Waals surface area contributed by atoms with Gasteiger partial charge in [-0.3, -0.25) is 0 Å². The van der Waals surface area contributed by atoms with Crippen molar-refractivity contribution >= 4 is 17.7 Å². The molecule has 0 aliphatic heterocycles. The zero-order valence-electron chi connectivity index (χ0n) is 15.5. The first-order valence-corrected chi connectivity index (χ1v) is 9.53. The van der Waals surface area contributed by atoms with Crippen LogP contribution < -0.4 is 4.74 Å². The van der Waals surface area contributed by atoms with Crippen LogP contribution >= 0.6 is 11.8 Å². The van der Waals surface area contributed by atoms with Crippen molar-refractivity contribution in [3.8, 4) is 5.75 Å². The fourth-order valence-electron chi connectivity index (χ4n) is 2.40. The van der Waals surface area contributed by atoms with Gasteiger partial charge in [-0.2, -0.15) is 13.2 Å². The lowest BCUT2D eigenvalue weighted by Gasteiger charge is -2.16. The molecule has 1 aromatic carbocycles. The first kappa shape index (κ1) is 21.9. The highest BCUT2D eigenvalue weighted by Gasteiger charge is 2.31. The molecule has 0 bridgehead atoms. The van der Waals surface area contributed by atoms with Crippen LogP contribution in [0.1, 0.15) is 18.9 Å². The zero-order valence-corrected chi connectivity index (χ0v) is 16.3. The smallest absolute Gasteiger partial charge is 0.416 e. The van der Waals surface area contributed by atoms with Gasteiger partial charge in [0.15, 0.2) is 6.61 Å². The van der Waals surface area contributed by atoms with E-state index < -0.39 is 24.3 Å². The molecule has 152 valence electrons. The van der Waals surface area contributed by atoms with Crippen molar-refractivity contribution in [1.82, 2.24) is 0 Å². The summed E-state index contributed by atoms with van der Waals surface area (Å²) in [5.74, 6) is 0.561. The molecule has 1 aliphatic rings. The van der Waals surface area contributed by atoms with Crippen LogP contribution in [0.5, 0.6) is 5.75 Å². The second kappa shape index (κ2) is 9.73. The van der Waals surface area contributed by atoms with Crippen LogP contribution in [0, 0.1) is 6.92 Å². The molecule has 0 radical (unpaired) electrons. The van der Waals surface area contributed by atoms with Crippen LogP contribution in [0.15, 0.2) is 58.7 Å². The van der Waals surface area contributed by atoms with Crippen molar-refractivity contribution in [1.29, 1.82) is 0 Å². The molecule has 1 N–H and O–H groups in total. The molecule has 0 saturated heterocycles. The Labute approximate surface area is 165 Å². The van der Waals surface area contributed by atoms with Gasteiger partial charge >= 0.3 is 12.1 Å². The number of carbonyl (C=O) groups is 1. The molecule has 2 rings (SSSR count). The van der Waals surface area contributed by atoms with Gasteiger partial charge in [0.25, 0.3) is 0 Å². The second-order valence-electron chi connectivity index (χ2n) is 6.21. The van der Waals surface area contributed by atoms with Crippen molar-refractivity contribution in [3.05, 3.63) is 59.4 Å². The molecule has 1 atom stereocenters. The number of halogens is 3. The number of benzene rings is 1. The fourth-order valence-corrected chi connectivity index (χ4v) is 3.32. The molecule has 0 spiro atoms. The van der Waals surface area contributed by atoms with E-state index in [0.29, 0.717) is 23.7 Å². The zero-order chi connectivity index (χ0) is 20.7. The third-order valence-electron chi connectivity index (χ3n) is 3.73. The molecule has 0 saturated carbocycles. The molecule has 0 aromatic heterocycles. The lowest BCUT2D eigenvalue weighted by Crippen LogP contribution is -2.11. The Morgan fingerprint density at radius 1 is 1.32 bits per heavy atom. The number of aliphatic carboxylic acids is 1. The number of hydrogen-bond donors (Lipinski definition) is 1. The van der Waals surface area contributed by atoms with E-state index >= 15 is 0 Å².